The molecule has 6 nitrogen and oxygen atoms in total. The quantitative estimate of drug-likeness (QED) is 0.771. The van der Waals surface area contributed by atoms with Crippen molar-refractivity contribution in [2.24, 2.45) is 0 Å². The summed E-state index contributed by atoms with van der Waals surface area (Å²) in [6.07, 6.45) is 0. The van der Waals surface area contributed by atoms with E-state index in [-0.39, 0.29) is 11.5 Å². The van der Waals surface area contributed by atoms with Gasteiger partial charge in [-0.3, -0.25) is 9.59 Å². The second-order valence-electron chi connectivity index (χ2n) is 6.47. The molecule has 1 aliphatic rings. The Hall–Kier alpha value is -3.15. The summed E-state index contributed by atoms with van der Waals surface area (Å²) < 4.78 is 0. The molecule has 6 heteroatoms. The highest BCUT2D eigenvalue weighted by molar-refractivity contribution is 5.79. The number of H-pyrrole nitrogens is 1. The number of rotatable bonds is 2. The fraction of sp³-hybridized carbons (Fsp3) is 0.250. The largest absolute Gasteiger partial charge is 0.368 e. The van der Waals surface area contributed by atoms with Crippen LogP contribution in [0.2, 0.25) is 0 Å². The van der Waals surface area contributed by atoms with Crippen LogP contribution < -0.4 is 10.5 Å². The van der Waals surface area contributed by atoms with E-state index >= 15 is 0 Å². The Morgan fingerprint density at radius 1 is 1.00 bits per heavy atom. The van der Waals surface area contributed by atoms with E-state index in [1.165, 1.54) is 0 Å². The topological polar surface area (TPSA) is 69.3 Å². The zero-order chi connectivity index (χ0) is 18.1. The zero-order valence-electron chi connectivity index (χ0n) is 14.6. The molecule has 0 spiro atoms. The van der Waals surface area contributed by atoms with Crippen LogP contribution >= 0.6 is 0 Å². The number of amides is 1. The fourth-order valence-electron chi connectivity index (χ4n) is 3.33. The van der Waals surface area contributed by atoms with Gasteiger partial charge in [-0.1, -0.05) is 12.1 Å². The fourth-order valence-corrected chi connectivity index (χ4v) is 3.33. The SMILES string of the molecule is CC(=O)N1CCN(c2ccc(-c3nc4ccccc4c(=O)[nH]3)cc2)CC1. The Kier molecular flexibility index (Phi) is 4.16. The smallest absolute Gasteiger partial charge is 0.259 e. The van der Waals surface area contributed by atoms with Gasteiger partial charge in [-0.25, -0.2) is 4.98 Å². The summed E-state index contributed by atoms with van der Waals surface area (Å²) in [7, 11) is 0. The van der Waals surface area contributed by atoms with Gasteiger partial charge in [0.25, 0.3) is 5.56 Å². The molecule has 0 radical (unpaired) electrons. The van der Waals surface area contributed by atoms with Crippen LogP contribution in [0.1, 0.15) is 6.92 Å². The standard InChI is InChI=1S/C20H20N4O2/c1-14(25)23-10-12-24(13-11-23)16-8-6-15(7-9-16)19-21-18-5-3-2-4-17(18)20(26)22-19/h2-9H,10-13H2,1H3,(H,21,22,26). The molecule has 1 saturated heterocycles. The molecule has 0 bridgehead atoms. The maximum atomic E-state index is 12.2. The lowest BCUT2D eigenvalue weighted by atomic mass is 10.1. The zero-order valence-corrected chi connectivity index (χ0v) is 14.6. The molecule has 1 aliphatic heterocycles. The molecule has 0 aliphatic carbocycles. The van der Waals surface area contributed by atoms with E-state index in [0.717, 1.165) is 37.4 Å². The van der Waals surface area contributed by atoms with Crippen LogP contribution in [0.4, 0.5) is 5.69 Å². The van der Waals surface area contributed by atoms with Crippen molar-refractivity contribution in [2.75, 3.05) is 31.1 Å². The van der Waals surface area contributed by atoms with Crippen LogP contribution in [0.3, 0.4) is 0 Å². The summed E-state index contributed by atoms with van der Waals surface area (Å²) in [5, 5.41) is 0.594. The van der Waals surface area contributed by atoms with E-state index in [1.54, 1.807) is 13.0 Å². The Labute approximate surface area is 151 Å². The van der Waals surface area contributed by atoms with Gasteiger partial charge in [0.2, 0.25) is 5.91 Å². The van der Waals surface area contributed by atoms with Crippen molar-refractivity contribution in [3.63, 3.8) is 0 Å². The number of hydrogen-bond acceptors (Lipinski definition) is 4. The molecule has 26 heavy (non-hydrogen) atoms. The van der Waals surface area contributed by atoms with E-state index in [4.69, 9.17) is 0 Å². The molecule has 1 fully saturated rings. The second-order valence-corrected chi connectivity index (χ2v) is 6.47. The van der Waals surface area contributed by atoms with E-state index in [0.29, 0.717) is 16.7 Å². The molecule has 0 atom stereocenters. The first-order valence-electron chi connectivity index (χ1n) is 8.72. The van der Waals surface area contributed by atoms with Crippen molar-refractivity contribution >= 4 is 22.5 Å². The normalized spacial score (nSPS) is 14.7. The van der Waals surface area contributed by atoms with Crippen molar-refractivity contribution in [3.8, 4) is 11.4 Å². The predicted octanol–water partition coefficient (Wildman–Crippen LogP) is 2.26. The number of hydrogen-bond donors (Lipinski definition) is 1. The first-order chi connectivity index (χ1) is 12.6. The number of benzene rings is 2. The lowest BCUT2D eigenvalue weighted by Crippen LogP contribution is -2.48. The molecule has 2 aromatic carbocycles. The van der Waals surface area contributed by atoms with Gasteiger partial charge in [-0.2, -0.15) is 0 Å². The molecule has 0 unspecified atom stereocenters. The van der Waals surface area contributed by atoms with Gasteiger partial charge in [-0.05, 0) is 36.4 Å². The van der Waals surface area contributed by atoms with Crippen LogP contribution in [-0.2, 0) is 4.79 Å². The molecule has 3 aromatic rings. The van der Waals surface area contributed by atoms with Crippen molar-refractivity contribution in [1.82, 2.24) is 14.9 Å². The molecule has 0 saturated carbocycles. The van der Waals surface area contributed by atoms with Gasteiger partial charge in [0, 0.05) is 44.4 Å². The average molecular weight is 348 g/mol. The minimum atomic E-state index is -0.130. The summed E-state index contributed by atoms with van der Waals surface area (Å²) in [6.45, 7) is 4.75. The minimum absolute atomic E-state index is 0.130. The highest BCUT2D eigenvalue weighted by atomic mass is 16.2. The minimum Gasteiger partial charge on any atom is -0.368 e. The molecule has 132 valence electrons. The van der Waals surface area contributed by atoms with Crippen molar-refractivity contribution in [3.05, 3.63) is 58.9 Å². The van der Waals surface area contributed by atoms with Gasteiger partial charge in [0.1, 0.15) is 5.82 Å². The highest BCUT2D eigenvalue weighted by Gasteiger charge is 2.18. The maximum absolute atomic E-state index is 12.2. The van der Waals surface area contributed by atoms with E-state index in [9.17, 15) is 9.59 Å². The Bertz CT molecular complexity index is 1000. The molecule has 1 aromatic heterocycles. The Balaban J connectivity index is 1.57. The van der Waals surface area contributed by atoms with Crippen LogP contribution in [0.5, 0.6) is 0 Å². The van der Waals surface area contributed by atoms with Crippen molar-refractivity contribution < 1.29 is 4.79 Å². The van der Waals surface area contributed by atoms with Crippen LogP contribution in [0, 0.1) is 0 Å². The van der Waals surface area contributed by atoms with Gasteiger partial charge >= 0.3 is 0 Å². The van der Waals surface area contributed by atoms with Gasteiger partial charge < -0.3 is 14.8 Å². The summed E-state index contributed by atoms with van der Waals surface area (Å²) in [6, 6.07) is 15.3. The number of aromatic amines is 1. The highest BCUT2D eigenvalue weighted by Crippen LogP contribution is 2.22. The third-order valence-corrected chi connectivity index (χ3v) is 4.84. The number of fused-ring (bicyclic) bond motifs is 1. The van der Waals surface area contributed by atoms with Gasteiger partial charge in [-0.15, -0.1) is 0 Å². The van der Waals surface area contributed by atoms with Crippen LogP contribution in [-0.4, -0.2) is 47.0 Å². The molecular formula is C20H20N4O2. The molecular weight excluding hydrogens is 328 g/mol. The maximum Gasteiger partial charge on any atom is 0.259 e. The van der Waals surface area contributed by atoms with Crippen LogP contribution in [0.25, 0.3) is 22.3 Å². The van der Waals surface area contributed by atoms with Crippen molar-refractivity contribution in [1.29, 1.82) is 0 Å². The number of para-hydroxylation sites is 1. The third-order valence-electron chi connectivity index (χ3n) is 4.84. The average Bonchev–Trinajstić information content (AvgIpc) is 2.68. The monoisotopic (exact) mass is 348 g/mol. The lowest BCUT2D eigenvalue weighted by molar-refractivity contribution is -0.129. The lowest BCUT2D eigenvalue weighted by Gasteiger charge is -2.35. The van der Waals surface area contributed by atoms with E-state index in [1.807, 2.05) is 47.4 Å². The third kappa shape index (κ3) is 3.06. The first-order valence-corrected chi connectivity index (χ1v) is 8.72. The van der Waals surface area contributed by atoms with E-state index in [2.05, 4.69) is 14.9 Å². The molecule has 1 amide bonds. The Morgan fingerprint density at radius 3 is 2.38 bits per heavy atom. The number of piperazine rings is 1. The second kappa shape index (κ2) is 6.63. The number of nitrogens with zero attached hydrogens (tertiary/aromatic N) is 3. The van der Waals surface area contributed by atoms with Crippen LogP contribution in [0.15, 0.2) is 53.3 Å². The van der Waals surface area contributed by atoms with Crippen molar-refractivity contribution in [2.45, 2.75) is 6.92 Å². The molecule has 2 heterocycles. The number of nitrogens with one attached hydrogen (secondary N) is 1. The predicted molar refractivity (Wildman–Crippen MR) is 102 cm³/mol. The summed E-state index contributed by atoms with van der Waals surface area (Å²) in [4.78, 5) is 35.2. The first kappa shape index (κ1) is 16.3. The Morgan fingerprint density at radius 2 is 1.69 bits per heavy atom. The number of carbonyl (C=O) groups excluding carboxylic acids is 1. The number of anilines is 1. The van der Waals surface area contributed by atoms with Gasteiger partial charge in [0.05, 0.1) is 10.9 Å². The number of aromatic nitrogens is 2. The molecule has 1 N–H and O–H groups in total. The van der Waals surface area contributed by atoms with E-state index < -0.39 is 0 Å². The summed E-state index contributed by atoms with van der Waals surface area (Å²) in [5.74, 6) is 0.702. The summed E-state index contributed by atoms with van der Waals surface area (Å²) in [5.41, 5.74) is 2.55. The molecule has 4 rings (SSSR count). The summed E-state index contributed by atoms with van der Waals surface area (Å²) >= 11 is 0. The number of carbonyl (C=O) groups is 1. The van der Waals surface area contributed by atoms with Gasteiger partial charge in [0.15, 0.2) is 0 Å².